The summed E-state index contributed by atoms with van der Waals surface area (Å²) in [7, 11) is 0. The van der Waals surface area contributed by atoms with Crippen LogP contribution < -0.4 is 0 Å². The third-order valence-electron chi connectivity index (χ3n) is 2.83. The van der Waals surface area contributed by atoms with E-state index in [0.717, 1.165) is 18.5 Å². The van der Waals surface area contributed by atoms with Crippen molar-refractivity contribution in [1.82, 2.24) is 4.98 Å². The first kappa shape index (κ1) is 10.1. The molecule has 0 fully saturated rings. The normalized spacial score (nSPS) is 14.7. The molecule has 0 unspecified atom stereocenters. The van der Waals surface area contributed by atoms with Gasteiger partial charge in [-0.15, -0.1) is 0 Å². The number of rotatable bonds is 3. The highest BCUT2D eigenvalue weighted by molar-refractivity contribution is 5.66. The summed E-state index contributed by atoms with van der Waals surface area (Å²) >= 11 is 0. The van der Waals surface area contributed by atoms with Gasteiger partial charge in [0.15, 0.2) is 0 Å². The maximum Gasteiger partial charge on any atom is 0.303 e. The monoisotopic (exact) mass is 205 g/mol. The van der Waals surface area contributed by atoms with Crippen molar-refractivity contribution in [3.63, 3.8) is 0 Å². The number of carboxylic acids is 1. The lowest BCUT2D eigenvalue weighted by Gasteiger charge is -2.15. The molecule has 1 aliphatic rings. The van der Waals surface area contributed by atoms with Gasteiger partial charge in [0.2, 0.25) is 0 Å². The molecule has 2 rings (SSSR count). The number of aryl methyl sites for hydroxylation is 3. The van der Waals surface area contributed by atoms with Gasteiger partial charge in [-0.25, -0.2) is 0 Å². The largest absolute Gasteiger partial charge is 0.481 e. The van der Waals surface area contributed by atoms with Crippen molar-refractivity contribution in [3.05, 3.63) is 29.1 Å². The molecule has 0 radical (unpaired) electrons. The molecule has 15 heavy (non-hydrogen) atoms. The molecule has 1 aliphatic carbocycles. The molecule has 0 saturated carbocycles. The molecule has 0 saturated heterocycles. The number of carbonyl (C=O) groups is 1. The summed E-state index contributed by atoms with van der Waals surface area (Å²) in [5.74, 6) is -0.755. The van der Waals surface area contributed by atoms with E-state index < -0.39 is 5.97 Å². The van der Waals surface area contributed by atoms with Crippen LogP contribution in [0.3, 0.4) is 0 Å². The molecular formula is C12H15NO2. The highest BCUT2D eigenvalue weighted by Gasteiger charge is 2.11. The summed E-state index contributed by atoms with van der Waals surface area (Å²) in [6.07, 6.45) is 5.36. The van der Waals surface area contributed by atoms with Crippen LogP contribution in [0, 0.1) is 0 Å². The van der Waals surface area contributed by atoms with Crippen molar-refractivity contribution in [1.29, 1.82) is 0 Å². The zero-order chi connectivity index (χ0) is 10.7. The van der Waals surface area contributed by atoms with E-state index in [1.54, 1.807) is 0 Å². The number of aromatic nitrogens is 1. The first-order valence-electron chi connectivity index (χ1n) is 5.45. The third kappa shape index (κ3) is 2.55. The summed E-state index contributed by atoms with van der Waals surface area (Å²) in [6, 6.07) is 4.08. The van der Waals surface area contributed by atoms with Crippen LogP contribution in [0.5, 0.6) is 0 Å². The first-order valence-corrected chi connectivity index (χ1v) is 5.45. The van der Waals surface area contributed by atoms with E-state index in [9.17, 15) is 4.79 Å². The van der Waals surface area contributed by atoms with Gasteiger partial charge in [0, 0.05) is 17.8 Å². The molecule has 1 heterocycles. The summed E-state index contributed by atoms with van der Waals surface area (Å²) in [5, 5.41) is 8.59. The van der Waals surface area contributed by atoms with Gasteiger partial charge in [0.1, 0.15) is 0 Å². The highest BCUT2D eigenvalue weighted by Crippen LogP contribution is 2.19. The minimum atomic E-state index is -0.755. The van der Waals surface area contributed by atoms with Gasteiger partial charge in [-0.05, 0) is 37.3 Å². The predicted octanol–water partition coefficient (Wildman–Crippen LogP) is 1.98. The van der Waals surface area contributed by atoms with Gasteiger partial charge < -0.3 is 5.11 Å². The minimum absolute atomic E-state index is 0.172. The molecule has 0 atom stereocenters. The highest BCUT2D eigenvalue weighted by atomic mass is 16.4. The fourth-order valence-electron chi connectivity index (χ4n) is 2.00. The number of fused-ring (bicyclic) bond motifs is 1. The van der Waals surface area contributed by atoms with Crippen molar-refractivity contribution in [2.75, 3.05) is 0 Å². The number of hydrogen-bond acceptors (Lipinski definition) is 2. The van der Waals surface area contributed by atoms with Gasteiger partial charge in [-0.1, -0.05) is 6.07 Å². The van der Waals surface area contributed by atoms with Gasteiger partial charge >= 0.3 is 5.97 Å². The van der Waals surface area contributed by atoms with Gasteiger partial charge in [-0.2, -0.15) is 0 Å². The second-order valence-electron chi connectivity index (χ2n) is 4.01. The lowest BCUT2D eigenvalue weighted by Crippen LogP contribution is -2.08. The Morgan fingerprint density at radius 3 is 2.93 bits per heavy atom. The average molecular weight is 205 g/mol. The second-order valence-corrected chi connectivity index (χ2v) is 4.01. The fraction of sp³-hybridized carbons (Fsp3) is 0.500. The van der Waals surface area contributed by atoms with E-state index in [1.165, 1.54) is 24.1 Å². The minimum Gasteiger partial charge on any atom is -0.481 e. The maximum atomic E-state index is 10.4. The van der Waals surface area contributed by atoms with Crippen molar-refractivity contribution in [3.8, 4) is 0 Å². The third-order valence-corrected chi connectivity index (χ3v) is 2.83. The first-order chi connectivity index (χ1) is 7.25. The van der Waals surface area contributed by atoms with Crippen molar-refractivity contribution >= 4 is 5.97 Å². The molecule has 1 aromatic rings. The SMILES string of the molecule is O=C(O)CCc1ccc2c(n1)CCCC2. The smallest absolute Gasteiger partial charge is 0.303 e. The Hall–Kier alpha value is -1.38. The Balaban J connectivity index is 2.10. The molecule has 3 nitrogen and oxygen atoms in total. The van der Waals surface area contributed by atoms with Crippen LogP contribution >= 0.6 is 0 Å². The van der Waals surface area contributed by atoms with Crippen LogP contribution in [-0.4, -0.2) is 16.1 Å². The van der Waals surface area contributed by atoms with Crippen LogP contribution in [0.4, 0.5) is 0 Å². The van der Waals surface area contributed by atoms with Crippen molar-refractivity contribution < 1.29 is 9.90 Å². The maximum absolute atomic E-state index is 10.4. The van der Waals surface area contributed by atoms with Crippen LogP contribution in [0.1, 0.15) is 36.2 Å². The Morgan fingerprint density at radius 1 is 1.33 bits per heavy atom. The molecule has 0 spiro atoms. The van der Waals surface area contributed by atoms with Crippen molar-refractivity contribution in [2.24, 2.45) is 0 Å². The molecular weight excluding hydrogens is 190 g/mol. The van der Waals surface area contributed by atoms with E-state index in [1.807, 2.05) is 6.07 Å². The summed E-state index contributed by atoms with van der Waals surface area (Å²) in [4.78, 5) is 15.0. The zero-order valence-corrected chi connectivity index (χ0v) is 8.70. The van der Waals surface area contributed by atoms with Crippen LogP contribution in [0.15, 0.2) is 12.1 Å². The molecule has 0 aliphatic heterocycles. The standard InChI is InChI=1S/C12H15NO2/c14-12(15)8-7-10-6-5-9-3-1-2-4-11(9)13-10/h5-6H,1-4,7-8H2,(H,14,15). The number of nitrogens with zero attached hydrogens (tertiary/aromatic N) is 1. The van der Waals surface area contributed by atoms with Crippen LogP contribution in [0.25, 0.3) is 0 Å². The Morgan fingerprint density at radius 2 is 2.13 bits per heavy atom. The van der Waals surface area contributed by atoms with E-state index >= 15 is 0 Å². The number of carboxylic acid groups (broad SMARTS) is 1. The predicted molar refractivity (Wildman–Crippen MR) is 56.8 cm³/mol. The van der Waals surface area contributed by atoms with E-state index in [2.05, 4.69) is 11.1 Å². The molecule has 1 N–H and O–H groups in total. The second kappa shape index (κ2) is 4.43. The fourth-order valence-corrected chi connectivity index (χ4v) is 2.00. The van der Waals surface area contributed by atoms with E-state index in [-0.39, 0.29) is 6.42 Å². The van der Waals surface area contributed by atoms with Gasteiger partial charge in [-0.3, -0.25) is 9.78 Å². The van der Waals surface area contributed by atoms with E-state index in [4.69, 9.17) is 5.11 Å². The molecule has 0 bridgehead atoms. The van der Waals surface area contributed by atoms with E-state index in [0.29, 0.717) is 6.42 Å². The Kier molecular flexibility index (Phi) is 2.99. The average Bonchev–Trinajstić information content (AvgIpc) is 2.26. The lowest BCUT2D eigenvalue weighted by atomic mass is 9.95. The molecule has 0 amide bonds. The summed E-state index contributed by atoms with van der Waals surface area (Å²) < 4.78 is 0. The van der Waals surface area contributed by atoms with Gasteiger partial charge in [0.25, 0.3) is 0 Å². The number of hydrogen-bond donors (Lipinski definition) is 1. The number of pyridine rings is 1. The topological polar surface area (TPSA) is 50.2 Å². The van der Waals surface area contributed by atoms with Crippen LogP contribution in [-0.2, 0) is 24.1 Å². The summed E-state index contributed by atoms with van der Waals surface area (Å²) in [5.41, 5.74) is 3.45. The molecule has 0 aromatic carbocycles. The van der Waals surface area contributed by atoms with Crippen molar-refractivity contribution in [2.45, 2.75) is 38.5 Å². The lowest BCUT2D eigenvalue weighted by molar-refractivity contribution is -0.136. The van der Waals surface area contributed by atoms with Gasteiger partial charge in [0.05, 0.1) is 6.42 Å². The Labute approximate surface area is 89.2 Å². The number of aliphatic carboxylic acids is 1. The summed E-state index contributed by atoms with van der Waals surface area (Å²) in [6.45, 7) is 0. The quantitative estimate of drug-likeness (QED) is 0.820. The molecule has 80 valence electrons. The van der Waals surface area contributed by atoms with Crippen LogP contribution in [0.2, 0.25) is 0 Å². The molecule has 1 aromatic heterocycles. The molecule has 3 heteroatoms. The zero-order valence-electron chi connectivity index (χ0n) is 8.70. The Bertz CT molecular complexity index is 374.